The average Bonchev–Trinajstić information content (AvgIpc) is 3.01. The fraction of sp³-hybridized carbons (Fsp3) is 0.360. The molecule has 1 N–H and O–H groups in total. The van der Waals surface area contributed by atoms with Crippen LogP contribution in [-0.2, 0) is 24.7 Å². The second-order valence-electron chi connectivity index (χ2n) is 8.97. The van der Waals surface area contributed by atoms with Gasteiger partial charge in [0.1, 0.15) is 5.69 Å². The first-order valence-electron chi connectivity index (χ1n) is 10.7. The van der Waals surface area contributed by atoms with Crippen molar-refractivity contribution in [1.82, 2.24) is 9.13 Å². The predicted octanol–water partition coefficient (Wildman–Crippen LogP) is 5.79. The molecule has 3 aromatic rings. The van der Waals surface area contributed by atoms with Crippen LogP contribution in [0.5, 0.6) is 0 Å². The molecule has 1 aromatic heterocycles. The summed E-state index contributed by atoms with van der Waals surface area (Å²) in [5.41, 5.74) is -0.646. The van der Waals surface area contributed by atoms with E-state index in [1.165, 1.54) is 10.6 Å². The molecule has 176 valence electrons. The number of carboxylic acid groups (broad SMARTS) is 1. The van der Waals surface area contributed by atoms with Gasteiger partial charge in [-0.15, -0.1) is 0 Å². The van der Waals surface area contributed by atoms with E-state index in [0.717, 1.165) is 4.57 Å². The summed E-state index contributed by atoms with van der Waals surface area (Å²) in [6, 6.07) is 13.4. The molecular formula is C25H27F3N2O3. The lowest BCUT2D eigenvalue weighted by molar-refractivity contribution is -0.146. The molecule has 0 aliphatic carbocycles. The van der Waals surface area contributed by atoms with Crippen LogP contribution >= 0.6 is 0 Å². The lowest BCUT2D eigenvalue weighted by Crippen LogP contribution is -2.37. The fourth-order valence-electron chi connectivity index (χ4n) is 4.05. The Morgan fingerprint density at radius 3 is 2.12 bits per heavy atom. The van der Waals surface area contributed by atoms with Gasteiger partial charge in [0, 0.05) is 5.54 Å². The van der Waals surface area contributed by atoms with E-state index >= 15 is 0 Å². The largest absolute Gasteiger partial charge is 0.478 e. The minimum atomic E-state index is -4.66. The number of benzene rings is 2. The molecule has 0 fully saturated rings. The maximum Gasteiger partial charge on any atom is 0.433 e. The zero-order valence-electron chi connectivity index (χ0n) is 19.0. The molecule has 0 saturated heterocycles. The monoisotopic (exact) mass is 460 g/mol. The first-order chi connectivity index (χ1) is 15.4. The van der Waals surface area contributed by atoms with Crippen LogP contribution in [0.3, 0.4) is 0 Å². The van der Waals surface area contributed by atoms with Crippen LogP contribution in [0.25, 0.3) is 11.1 Å². The number of hydrogen-bond donors (Lipinski definition) is 1. The molecule has 0 radical (unpaired) electrons. The van der Waals surface area contributed by atoms with E-state index in [0.29, 0.717) is 23.1 Å². The SMILES string of the molecule is CCCc1c(C(F)(F)F)n(C(C)(C)C)c(=O)n1Cc1ccc(-c2ccccc2C(=O)O)cc1. The van der Waals surface area contributed by atoms with E-state index in [2.05, 4.69) is 0 Å². The second-order valence-corrected chi connectivity index (χ2v) is 8.97. The van der Waals surface area contributed by atoms with Gasteiger partial charge in [-0.3, -0.25) is 9.13 Å². The molecule has 0 atom stereocenters. The smallest absolute Gasteiger partial charge is 0.433 e. The molecule has 8 heteroatoms. The maximum absolute atomic E-state index is 14.0. The summed E-state index contributed by atoms with van der Waals surface area (Å²) in [5.74, 6) is -1.05. The molecule has 0 spiro atoms. The van der Waals surface area contributed by atoms with Gasteiger partial charge in [0.05, 0.1) is 17.8 Å². The summed E-state index contributed by atoms with van der Waals surface area (Å²) in [4.78, 5) is 24.7. The quantitative estimate of drug-likeness (QED) is 0.506. The van der Waals surface area contributed by atoms with Crippen molar-refractivity contribution >= 4 is 5.97 Å². The Kier molecular flexibility index (Phi) is 6.58. The molecule has 5 nitrogen and oxygen atoms in total. The number of aromatic nitrogens is 2. The number of halogens is 3. The van der Waals surface area contributed by atoms with Crippen LogP contribution in [0, 0.1) is 0 Å². The molecule has 0 saturated carbocycles. The summed E-state index contributed by atoms with van der Waals surface area (Å²) in [7, 11) is 0. The molecule has 1 heterocycles. The predicted molar refractivity (Wildman–Crippen MR) is 121 cm³/mol. The van der Waals surface area contributed by atoms with E-state index < -0.39 is 29.1 Å². The number of rotatable bonds is 6. The Morgan fingerprint density at radius 2 is 1.61 bits per heavy atom. The van der Waals surface area contributed by atoms with Crippen molar-refractivity contribution in [2.24, 2.45) is 0 Å². The van der Waals surface area contributed by atoms with Gasteiger partial charge in [-0.05, 0) is 49.9 Å². The van der Waals surface area contributed by atoms with Crippen LogP contribution in [0.4, 0.5) is 13.2 Å². The van der Waals surface area contributed by atoms with Gasteiger partial charge in [-0.25, -0.2) is 9.59 Å². The summed E-state index contributed by atoms with van der Waals surface area (Å²) in [5, 5.41) is 9.42. The Balaban J connectivity index is 2.08. The van der Waals surface area contributed by atoms with Crippen LogP contribution in [0.2, 0.25) is 0 Å². The third-order valence-electron chi connectivity index (χ3n) is 5.43. The highest BCUT2D eigenvalue weighted by molar-refractivity contribution is 5.95. The van der Waals surface area contributed by atoms with Gasteiger partial charge < -0.3 is 5.11 Å². The average molecular weight is 460 g/mol. The van der Waals surface area contributed by atoms with Gasteiger partial charge in [-0.1, -0.05) is 55.8 Å². The molecule has 33 heavy (non-hydrogen) atoms. The van der Waals surface area contributed by atoms with Gasteiger partial charge in [0.2, 0.25) is 0 Å². The number of hydrogen-bond acceptors (Lipinski definition) is 2. The van der Waals surface area contributed by atoms with Crippen LogP contribution < -0.4 is 5.69 Å². The maximum atomic E-state index is 14.0. The minimum absolute atomic E-state index is 0.0127. The Labute approximate surface area is 190 Å². The number of carbonyl (C=O) groups is 1. The third-order valence-corrected chi connectivity index (χ3v) is 5.43. The van der Waals surface area contributed by atoms with Crippen LogP contribution in [0.15, 0.2) is 53.3 Å². The lowest BCUT2D eigenvalue weighted by Gasteiger charge is -2.24. The van der Waals surface area contributed by atoms with E-state index in [1.54, 1.807) is 70.2 Å². The molecule has 0 aliphatic rings. The van der Waals surface area contributed by atoms with Crippen molar-refractivity contribution in [3.05, 3.63) is 81.5 Å². The van der Waals surface area contributed by atoms with Gasteiger partial charge in [0.15, 0.2) is 0 Å². The topological polar surface area (TPSA) is 64.2 Å². The first kappa shape index (κ1) is 24.4. The van der Waals surface area contributed by atoms with Crippen molar-refractivity contribution in [2.45, 2.75) is 58.8 Å². The van der Waals surface area contributed by atoms with Crippen molar-refractivity contribution in [1.29, 1.82) is 0 Å². The highest BCUT2D eigenvalue weighted by Gasteiger charge is 2.42. The van der Waals surface area contributed by atoms with E-state index in [-0.39, 0.29) is 24.2 Å². The van der Waals surface area contributed by atoms with Crippen LogP contribution in [0.1, 0.15) is 61.4 Å². The van der Waals surface area contributed by atoms with Gasteiger partial charge >= 0.3 is 17.8 Å². The van der Waals surface area contributed by atoms with Crippen molar-refractivity contribution in [3.8, 4) is 11.1 Å². The van der Waals surface area contributed by atoms with Crippen molar-refractivity contribution in [2.75, 3.05) is 0 Å². The summed E-state index contributed by atoms with van der Waals surface area (Å²) in [6.45, 7) is 6.51. The number of carboxylic acids is 1. The van der Waals surface area contributed by atoms with Crippen LogP contribution in [-0.4, -0.2) is 20.2 Å². The highest BCUT2D eigenvalue weighted by atomic mass is 19.4. The minimum Gasteiger partial charge on any atom is -0.478 e. The second kappa shape index (κ2) is 8.92. The molecular weight excluding hydrogens is 433 g/mol. The Bertz CT molecular complexity index is 1210. The Hall–Kier alpha value is -3.29. The summed E-state index contributed by atoms with van der Waals surface area (Å²) >= 11 is 0. The third kappa shape index (κ3) is 4.89. The molecule has 0 amide bonds. The fourth-order valence-corrected chi connectivity index (χ4v) is 4.05. The number of aromatic carboxylic acids is 1. The van der Waals surface area contributed by atoms with E-state index in [9.17, 15) is 27.9 Å². The molecule has 0 unspecified atom stereocenters. The Morgan fingerprint density at radius 1 is 1.00 bits per heavy atom. The number of alkyl halides is 3. The normalized spacial score (nSPS) is 12.2. The van der Waals surface area contributed by atoms with Gasteiger partial charge in [0.25, 0.3) is 0 Å². The molecule has 3 rings (SSSR count). The zero-order valence-corrected chi connectivity index (χ0v) is 19.0. The number of nitrogens with zero attached hydrogens (tertiary/aromatic N) is 2. The molecule has 0 aliphatic heterocycles. The van der Waals surface area contributed by atoms with Crippen molar-refractivity contribution in [3.63, 3.8) is 0 Å². The molecule has 0 bridgehead atoms. The first-order valence-corrected chi connectivity index (χ1v) is 10.7. The highest BCUT2D eigenvalue weighted by Crippen LogP contribution is 2.35. The van der Waals surface area contributed by atoms with Crippen molar-refractivity contribution < 1.29 is 23.1 Å². The lowest BCUT2D eigenvalue weighted by atomic mass is 9.99. The summed E-state index contributed by atoms with van der Waals surface area (Å²) in [6.07, 6.45) is -4.08. The van der Waals surface area contributed by atoms with Gasteiger partial charge in [-0.2, -0.15) is 13.2 Å². The van der Waals surface area contributed by atoms with E-state index in [1.807, 2.05) is 0 Å². The van der Waals surface area contributed by atoms with E-state index in [4.69, 9.17) is 0 Å². The number of imidazole rings is 1. The standard InChI is InChI=1S/C25H27F3N2O3/c1-5-8-20-21(25(26,27)28)30(24(2,3)4)23(33)29(20)15-16-11-13-17(14-12-16)18-9-6-7-10-19(18)22(31)32/h6-7,9-14H,5,8,15H2,1-4H3,(H,31,32). The zero-order chi connectivity index (χ0) is 24.6. The summed E-state index contributed by atoms with van der Waals surface area (Å²) < 4.78 is 44.1. The molecule has 2 aromatic carbocycles.